The summed E-state index contributed by atoms with van der Waals surface area (Å²) in [5.74, 6) is 1.27. The number of likely N-dealkylation sites (tertiary alicyclic amines) is 1. The summed E-state index contributed by atoms with van der Waals surface area (Å²) in [7, 11) is 3.97. The topological polar surface area (TPSA) is 65.4 Å². The van der Waals surface area contributed by atoms with E-state index in [0.717, 1.165) is 39.7 Å². The maximum absolute atomic E-state index is 12.3. The summed E-state index contributed by atoms with van der Waals surface area (Å²) in [6.45, 7) is 4.28. The van der Waals surface area contributed by atoms with Crippen LogP contribution in [0.2, 0.25) is 0 Å². The molecule has 1 fully saturated rings. The maximum atomic E-state index is 12.3. The number of carbonyl (C=O) groups is 1. The molecule has 0 bridgehead atoms. The predicted molar refractivity (Wildman–Crippen MR) is 123 cm³/mol. The fourth-order valence-corrected chi connectivity index (χ4v) is 4.23. The summed E-state index contributed by atoms with van der Waals surface area (Å²) < 4.78 is 6.22. The maximum Gasteiger partial charge on any atom is 0.246 e. The number of aromatic amines is 1. The zero-order chi connectivity index (χ0) is 21.5. The normalized spacial score (nSPS) is 14.9. The molecule has 5 rings (SSSR count). The lowest BCUT2D eigenvalue weighted by molar-refractivity contribution is -0.130. The number of furan rings is 1. The second-order valence-electron chi connectivity index (χ2n) is 8.59. The lowest BCUT2D eigenvalue weighted by Gasteiger charge is -2.37. The van der Waals surface area contributed by atoms with Crippen molar-refractivity contribution in [2.24, 2.45) is 0 Å². The zero-order valence-corrected chi connectivity index (χ0v) is 18.1. The average molecular weight is 415 g/mol. The molecule has 1 aliphatic rings. The number of aryl methyl sites for hydroxylation is 1. The van der Waals surface area contributed by atoms with Gasteiger partial charge in [-0.1, -0.05) is 24.3 Å². The Balaban J connectivity index is 1.35. The van der Waals surface area contributed by atoms with Crippen molar-refractivity contribution in [3.05, 3.63) is 66.1 Å². The minimum Gasteiger partial charge on any atom is -0.461 e. The molecule has 158 valence electrons. The number of likely N-dealkylation sites (N-methyl/N-ethyl adjacent to an activating group) is 1. The first-order chi connectivity index (χ1) is 15.0. The van der Waals surface area contributed by atoms with Crippen molar-refractivity contribution in [1.82, 2.24) is 20.0 Å². The van der Waals surface area contributed by atoms with E-state index in [4.69, 9.17) is 4.42 Å². The van der Waals surface area contributed by atoms with E-state index in [0.29, 0.717) is 13.1 Å². The molecule has 3 heterocycles. The summed E-state index contributed by atoms with van der Waals surface area (Å²) in [6.07, 6.45) is 5.45. The van der Waals surface area contributed by atoms with Gasteiger partial charge in [-0.2, -0.15) is 5.10 Å². The lowest BCUT2D eigenvalue weighted by Crippen LogP contribution is -2.47. The van der Waals surface area contributed by atoms with Crippen LogP contribution in [-0.2, 0) is 4.79 Å². The van der Waals surface area contributed by atoms with Crippen molar-refractivity contribution in [1.29, 1.82) is 0 Å². The summed E-state index contributed by atoms with van der Waals surface area (Å²) in [5.41, 5.74) is 5.41. The molecule has 6 nitrogen and oxygen atoms in total. The first kappa shape index (κ1) is 19.6. The molecule has 0 unspecified atom stereocenters. The number of benzene rings is 2. The molecule has 4 aromatic rings. The number of hydrogen-bond acceptors (Lipinski definition) is 4. The molecule has 1 N–H and O–H groups in total. The minimum absolute atomic E-state index is 0.0696. The number of amides is 1. The van der Waals surface area contributed by atoms with Crippen molar-refractivity contribution in [2.75, 3.05) is 33.7 Å². The van der Waals surface area contributed by atoms with Gasteiger partial charge >= 0.3 is 0 Å². The Morgan fingerprint density at radius 3 is 2.90 bits per heavy atom. The van der Waals surface area contributed by atoms with Crippen LogP contribution in [0.3, 0.4) is 0 Å². The molecule has 2 aromatic heterocycles. The number of carbonyl (C=O) groups excluding carboxylic acids is 1. The highest BCUT2D eigenvalue weighted by atomic mass is 16.3. The van der Waals surface area contributed by atoms with Gasteiger partial charge in [0.2, 0.25) is 5.91 Å². The van der Waals surface area contributed by atoms with Crippen LogP contribution >= 0.6 is 0 Å². The second kappa shape index (κ2) is 7.71. The number of H-pyrrole nitrogens is 1. The molecule has 31 heavy (non-hydrogen) atoms. The standard InChI is InChI=1S/C25H26N4O2/c1-16-6-9-21-20(13-26-27-21)25(16)18-8-7-17-11-23(31-22(17)12-18)19-14-29(15-19)24(30)5-4-10-28(2)3/h4-9,11-13,19H,10,14-15H2,1-3H3,(H,26,27)/b5-4+. The molecule has 0 aliphatic carbocycles. The van der Waals surface area contributed by atoms with Crippen LogP contribution in [0.25, 0.3) is 33.0 Å². The van der Waals surface area contributed by atoms with Gasteiger partial charge in [-0.25, -0.2) is 0 Å². The smallest absolute Gasteiger partial charge is 0.246 e. The molecule has 0 atom stereocenters. The summed E-state index contributed by atoms with van der Waals surface area (Å²) in [4.78, 5) is 16.1. The minimum atomic E-state index is 0.0696. The molecule has 1 amide bonds. The van der Waals surface area contributed by atoms with Crippen molar-refractivity contribution in [3.63, 3.8) is 0 Å². The number of nitrogens with one attached hydrogen (secondary N) is 1. The Labute approximate surface area is 181 Å². The summed E-state index contributed by atoms with van der Waals surface area (Å²) in [5, 5.41) is 9.45. The van der Waals surface area contributed by atoms with Gasteiger partial charge in [0.25, 0.3) is 0 Å². The van der Waals surface area contributed by atoms with E-state index in [1.54, 1.807) is 6.08 Å². The van der Waals surface area contributed by atoms with Gasteiger partial charge in [0.15, 0.2) is 0 Å². The Morgan fingerprint density at radius 1 is 1.26 bits per heavy atom. The van der Waals surface area contributed by atoms with E-state index < -0.39 is 0 Å². The molecule has 1 aliphatic heterocycles. The van der Waals surface area contributed by atoms with Crippen LogP contribution in [0.4, 0.5) is 0 Å². The van der Waals surface area contributed by atoms with Crippen LogP contribution in [0.5, 0.6) is 0 Å². The van der Waals surface area contributed by atoms with Crippen LogP contribution in [-0.4, -0.2) is 59.6 Å². The summed E-state index contributed by atoms with van der Waals surface area (Å²) in [6, 6.07) is 12.6. The van der Waals surface area contributed by atoms with E-state index in [9.17, 15) is 4.79 Å². The molecular formula is C25H26N4O2. The van der Waals surface area contributed by atoms with Crippen LogP contribution in [0.15, 0.2) is 59.2 Å². The van der Waals surface area contributed by atoms with Crippen molar-refractivity contribution in [2.45, 2.75) is 12.8 Å². The van der Waals surface area contributed by atoms with Gasteiger partial charge < -0.3 is 14.2 Å². The van der Waals surface area contributed by atoms with E-state index in [-0.39, 0.29) is 11.8 Å². The molecule has 0 saturated carbocycles. The Morgan fingerprint density at radius 2 is 2.10 bits per heavy atom. The Kier molecular flexibility index (Phi) is 4.87. The van der Waals surface area contributed by atoms with Gasteiger partial charge in [0.05, 0.1) is 17.6 Å². The Hall–Kier alpha value is -3.38. The fraction of sp³-hybridized carbons (Fsp3) is 0.280. The molecule has 6 heteroatoms. The zero-order valence-electron chi connectivity index (χ0n) is 18.1. The molecular weight excluding hydrogens is 388 g/mol. The van der Waals surface area contributed by atoms with Gasteiger partial charge in [-0.15, -0.1) is 0 Å². The fourth-order valence-electron chi connectivity index (χ4n) is 4.23. The van der Waals surface area contributed by atoms with E-state index in [1.807, 2.05) is 36.2 Å². The summed E-state index contributed by atoms with van der Waals surface area (Å²) >= 11 is 0. The first-order valence-electron chi connectivity index (χ1n) is 10.6. The van der Waals surface area contributed by atoms with Gasteiger partial charge in [0, 0.05) is 36.5 Å². The third kappa shape index (κ3) is 3.64. The van der Waals surface area contributed by atoms with Crippen LogP contribution in [0.1, 0.15) is 17.2 Å². The third-order valence-electron chi connectivity index (χ3n) is 5.99. The molecule has 0 spiro atoms. The molecule has 1 saturated heterocycles. The molecule has 2 aromatic carbocycles. The van der Waals surface area contributed by atoms with Gasteiger partial charge in [-0.05, 0) is 55.9 Å². The largest absolute Gasteiger partial charge is 0.461 e. The number of nitrogens with zero attached hydrogens (tertiary/aromatic N) is 3. The predicted octanol–water partition coefficient (Wildman–Crippen LogP) is 4.33. The highest BCUT2D eigenvalue weighted by molar-refractivity contribution is 5.98. The lowest BCUT2D eigenvalue weighted by atomic mass is 9.95. The monoisotopic (exact) mass is 414 g/mol. The quantitative estimate of drug-likeness (QED) is 0.494. The average Bonchev–Trinajstić information content (AvgIpc) is 3.32. The van der Waals surface area contributed by atoms with Crippen molar-refractivity contribution in [3.8, 4) is 11.1 Å². The highest BCUT2D eigenvalue weighted by Crippen LogP contribution is 2.36. The second-order valence-corrected chi connectivity index (χ2v) is 8.59. The van der Waals surface area contributed by atoms with E-state index in [1.165, 1.54) is 11.1 Å². The number of aromatic nitrogens is 2. The van der Waals surface area contributed by atoms with Crippen molar-refractivity contribution < 1.29 is 9.21 Å². The highest BCUT2D eigenvalue weighted by Gasteiger charge is 2.33. The van der Waals surface area contributed by atoms with E-state index in [2.05, 4.69) is 53.5 Å². The first-order valence-corrected chi connectivity index (χ1v) is 10.6. The van der Waals surface area contributed by atoms with Gasteiger partial charge in [-0.3, -0.25) is 9.89 Å². The van der Waals surface area contributed by atoms with Gasteiger partial charge in [0.1, 0.15) is 11.3 Å². The van der Waals surface area contributed by atoms with E-state index >= 15 is 0 Å². The number of rotatable bonds is 5. The van der Waals surface area contributed by atoms with Crippen LogP contribution < -0.4 is 0 Å². The molecule has 0 radical (unpaired) electrons. The number of hydrogen-bond donors (Lipinski definition) is 1. The third-order valence-corrected chi connectivity index (χ3v) is 5.99. The Bertz CT molecular complexity index is 1290. The SMILES string of the molecule is Cc1ccc2[nH]ncc2c1-c1ccc2cc(C3CN(C(=O)/C=C/CN(C)C)C3)oc2c1. The van der Waals surface area contributed by atoms with Crippen LogP contribution in [0, 0.1) is 6.92 Å². The number of fused-ring (bicyclic) bond motifs is 2. The van der Waals surface area contributed by atoms with Crippen molar-refractivity contribution >= 4 is 27.8 Å².